The van der Waals surface area contributed by atoms with Crippen molar-refractivity contribution in [1.29, 1.82) is 0 Å². The maximum absolute atomic E-state index is 13.0. The topological polar surface area (TPSA) is 92.0 Å². The van der Waals surface area contributed by atoms with Crippen molar-refractivity contribution in [2.45, 2.75) is 18.9 Å². The fourth-order valence-electron chi connectivity index (χ4n) is 4.04. The summed E-state index contributed by atoms with van der Waals surface area (Å²) in [4.78, 5) is 28.8. The first-order valence-corrected chi connectivity index (χ1v) is 8.77. The molecule has 0 saturated carbocycles. The van der Waals surface area contributed by atoms with Crippen LogP contribution in [0.15, 0.2) is 33.9 Å². The number of aliphatic hydroxyl groups is 1. The molecule has 4 rings (SSSR count). The van der Waals surface area contributed by atoms with E-state index in [2.05, 4.69) is 16.4 Å². The number of benzene rings is 1. The molecular formula is C19H22N4O3. The number of aromatic nitrogens is 3. The van der Waals surface area contributed by atoms with Crippen LogP contribution >= 0.6 is 0 Å². The predicted octanol–water partition coefficient (Wildman–Crippen LogP) is 0.335. The summed E-state index contributed by atoms with van der Waals surface area (Å²) in [6.07, 6.45) is 1.13. The van der Waals surface area contributed by atoms with Gasteiger partial charge in [0.05, 0.1) is 11.6 Å². The van der Waals surface area contributed by atoms with Gasteiger partial charge >= 0.3 is 5.69 Å². The molecule has 1 aliphatic rings. The average Bonchev–Trinajstić information content (AvgIpc) is 3.04. The number of nitrogens with zero attached hydrogens (tertiary/aromatic N) is 2. The molecule has 0 spiro atoms. The lowest BCUT2D eigenvalue weighted by molar-refractivity contribution is 0.294. The Kier molecular flexibility index (Phi) is 4.05. The maximum atomic E-state index is 13.0. The van der Waals surface area contributed by atoms with Crippen LogP contribution in [0.2, 0.25) is 0 Å². The van der Waals surface area contributed by atoms with Gasteiger partial charge in [0.2, 0.25) is 0 Å². The molecule has 0 aliphatic carbocycles. The van der Waals surface area contributed by atoms with E-state index in [9.17, 15) is 14.7 Å². The minimum Gasteiger partial charge on any atom is -0.396 e. The van der Waals surface area contributed by atoms with E-state index in [1.54, 1.807) is 7.05 Å². The first kappa shape index (κ1) is 16.8. The van der Waals surface area contributed by atoms with Gasteiger partial charge in [0.15, 0.2) is 0 Å². The van der Waals surface area contributed by atoms with Crippen molar-refractivity contribution in [3.8, 4) is 0 Å². The molecule has 7 nitrogen and oxygen atoms in total. The van der Waals surface area contributed by atoms with Crippen molar-refractivity contribution < 1.29 is 5.11 Å². The molecule has 136 valence electrons. The number of fused-ring (bicyclic) bond motifs is 3. The predicted molar refractivity (Wildman–Crippen MR) is 99.6 cm³/mol. The molecule has 3 N–H and O–H groups in total. The molecular weight excluding hydrogens is 332 g/mol. The Balaban J connectivity index is 2.01. The van der Waals surface area contributed by atoms with Gasteiger partial charge < -0.3 is 20.0 Å². The molecule has 7 heteroatoms. The lowest BCUT2D eigenvalue weighted by Crippen LogP contribution is -2.45. The Hall–Kier alpha value is -2.64. The Labute approximate surface area is 149 Å². The largest absolute Gasteiger partial charge is 0.396 e. The van der Waals surface area contributed by atoms with Gasteiger partial charge in [-0.25, -0.2) is 4.79 Å². The lowest BCUT2D eigenvalue weighted by atomic mass is 9.93. The van der Waals surface area contributed by atoms with Gasteiger partial charge in [-0.3, -0.25) is 9.36 Å². The summed E-state index contributed by atoms with van der Waals surface area (Å²) in [5.41, 5.74) is 3.61. The van der Waals surface area contributed by atoms with Gasteiger partial charge in [-0.1, -0.05) is 18.2 Å². The van der Waals surface area contributed by atoms with Crippen molar-refractivity contribution in [3.63, 3.8) is 0 Å². The second kappa shape index (κ2) is 6.26. The van der Waals surface area contributed by atoms with Crippen LogP contribution in [0.3, 0.4) is 0 Å². The molecule has 2 aromatic heterocycles. The zero-order valence-corrected chi connectivity index (χ0v) is 14.9. The minimum atomic E-state index is -0.380. The summed E-state index contributed by atoms with van der Waals surface area (Å²) >= 11 is 0. The average molecular weight is 354 g/mol. The fraction of sp³-hybridized carbons (Fsp3) is 0.368. The molecule has 1 atom stereocenters. The quantitative estimate of drug-likeness (QED) is 0.632. The van der Waals surface area contributed by atoms with E-state index in [1.165, 1.54) is 22.6 Å². The summed E-state index contributed by atoms with van der Waals surface area (Å²) in [5.74, 6) is 0. The van der Waals surface area contributed by atoms with Crippen molar-refractivity contribution in [2.75, 3.05) is 13.2 Å². The summed E-state index contributed by atoms with van der Waals surface area (Å²) in [6.45, 7) is 0.615. The summed E-state index contributed by atoms with van der Waals surface area (Å²) < 4.78 is 2.60. The molecule has 1 unspecified atom stereocenters. The van der Waals surface area contributed by atoms with Gasteiger partial charge in [0.25, 0.3) is 5.56 Å². The van der Waals surface area contributed by atoms with Gasteiger partial charge in [-0.2, -0.15) is 0 Å². The van der Waals surface area contributed by atoms with Gasteiger partial charge in [0, 0.05) is 56.0 Å². The van der Waals surface area contributed by atoms with Crippen LogP contribution in [0, 0.1) is 0 Å². The maximum Gasteiger partial charge on any atom is 0.330 e. The zero-order chi connectivity index (χ0) is 18.4. The highest BCUT2D eigenvalue weighted by atomic mass is 16.3. The van der Waals surface area contributed by atoms with Crippen LogP contribution in [-0.4, -0.2) is 32.4 Å². The first-order chi connectivity index (χ1) is 12.5. The van der Waals surface area contributed by atoms with Crippen LogP contribution in [0.1, 0.15) is 28.6 Å². The van der Waals surface area contributed by atoms with Crippen molar-refractivity contribution in [1.82, 2.24) is 19.4 Å². The van der Waals surface area contributed by atoms with Crippen LogP contribution < -0.4 is 16.6 Å². The molecule has 3 aromatic rings. The highest BCUT2D eigenvalue weighted by Gasteiger charge is 2.30. The van der Waals surface area contributed by atoms with E-state index in [-0.39, 0.29) is 30.3 Å². The van der Waals surface area contributed by atoms with Crippen molar-refractivity contribution >= 4 is 10.9 Å². The number of hydrogen-bond acceptors (Lipinski definition) is 4. The smallest absolute Gasteiger partial charge is 0.330 e. The van der Waals surface area contributed by atoms with Crippen LogP contribution in [0.4, 0.5) is 0 Å². The molecule has 1 aromatic carbocycles. The van der Waals surface area contributed by atoms with Crippen LogP contribution in [0.5, 0.6) is 0 Å². The third-order valence-corrected chi connectivity index (χ3v) is 5.32. The number of para-hydroxylation sites is 1. The molecule has 3 heterocycles. The monoisotopic (exact) mass is 354 g/mol. The third kappa shape index (κ3) is 2.35. The number of aliphatic hydroxyl groups excluding tert-OH is 1. The number of hydrogen-bond donors (Lipinski definition) is 3. The number of aromatic amines is 1. The highest BCUT2D eigenvalue weighted by molar-refractivity contribution is 5.85. The Morgan fingerprint density at radius 2 is 1.96 bits per heavy atom. The summed E-state index contributed by atoms with van der Waals surface area (Å²) in [7, 11) is 3.14. The van der Waals surface area contributed by atoms with E-state index in [0.29, 0.717) is 11.3 Å². The van der Waals surface area contributed by atoms with Crippen LogP contribution in [-0.2, 0) is 26.9 Å². The fourth-order valence-corrected chi connectivity index (χ4v) is 4.04. The molecule has 0 radical (unpaired) electrons. The lowest BCUT2D eigenvalue weighted by Gasteiger charge is -2.27. The van der Waals surface area contributed by atoms with Crippen LogP contribution in [0.25, 0.3) is 10.9 Å². The van der Waals surface area contributed by atoms with E-state index >= 15 is 0 Å². The molecule has 0 fully saturated rings. The second-order valence-corrected chi connectivity index (χ2v) is 6.74. The minimum absolute atomic E-state index is 0.125. The standard InChI is InChI=1S/C19H22N4O3/c1-22-14(8-10-24)15(18(25)23(2)19(22)26)17-16-12(7-9-20-17)11-5-3-4-6-13(11)21-16/h3-6,17,20-21,24H,7-10H2,1-2H3. The van der Waals surface area contributed by atoms with Gasteiger partial charge in [-0.05, 0) is 18.1 Å². The SMILES string of the molecule is Cn1c(CCO)c(C2NCCc3c2[nH]c2ccccc32)c(=O)n(C)c1=O. The van der Waals surface area contributed by atoms with Gasteiger partial charge in [-0.15, -0.1) is 0 Å². The third-order valence-electron chi connectivity index (χ3n) is 5.32. The highest BCUT2D eigenvalue weighted by Crippen LogP contribution is 2.33. The van der Waals surface area contributed by atoms with E-state index in [4.69, 9.17) is 0 Å². The Morgan fingerprint density at radius 3 is 2.73 bits per heavy atom. The summed E-state index contributed by atoms with van der Waals surface area (Å²) in [5, 5.41) is 14.1. The number of nitrogens with one attached hydrogen (secondary N) is 2. The van der Waals surface area contributed by atoms with Crippen molar-refractivity contribution in [3.05, 3.63) is 67.6 Å². The molecule has 26 heavy (non-hydrogen) atoms. The number of H-pyrrole nitrogens is 1. The summed E-state index contributed by atoms with van der Waals surface area (Å²) in [6, 6.07) is 7.77. The van der Waals surface area contributed by atoms with Crippen molar-refractivity contribution in [2.24, 2.45) is 14.1 Å². The normalized spacial score (nSPS) is 16.8. The second-order valence-electron chi connectivity index (χ2n) is 6.74. The number of rotatable bonds is 3. The first-order valence-electron chi connectivity index (χ1n) is 8.77. The van der Waals surface area contributed by atoms with E-state index in [1.807, 2.05) is 18.2 Å². The zero-order valence-electron chi connectivity index (χ0n) is 14.9. The Bertz CT molecular complexity index is 1110. The van der Waals surface area contributed by atoms with E-state index in [0.717, 1.165) is 28.7 Å². The molecule has 0 saturated heterocycles. The van der Waals surface area contributed by atoms with E-state index < -0.39 is 0 Å². The van der Waals surface area contributed by atoms with Gasteiger partial charge in [0.1, 0.15) is 0 Å². The molecule has 0 bridgehead atoms. The molecule has 0 amide bonds. The Morgan fingerprint density at radius 1 is 1.19 bits per heavy atom. The molecule has 1 aliphatic heterocycles.